The molecule has 7 heteroatoms. The lowest BCUT2D eigenvalue weighted by atomic mass is 10.0. The van der Waals surface area contributed by atoms with Crippen molar-refractivity contribution in [2.24, 2.45) is 11.8 Å². The Kier molecular flexibility index (Phi) is 5.76. The zero-order valence-corrected chi connectivity index (χ0v) is 17.3. The zero-order chi connectivity index (χ0) is 20.4. The van der Waals surface area contributed by atoms with Gasteiger partial charge in [-0.2, -0.15) is 0 Å². The molecule has 1 aromatic carbocycles. The van der Waals surface area contributed by atoms with E-state index in [1.807, 2.05) is 12.1 Å². The highest BCUT2D eigenvalue weighted by molar-refractivity contribution is 5.91. The molecular weight excluding hydrogens is 370 g/mol. The van der Waals surface area contributed by atoms with Crippen molar-refractivity contribution < 1.29 is 18.7 Å². The second kappa shape index (κ2) is 8.45. The molecule has 0 spiro atoms. The molecule has 4 rings (SSSR count). The van der Waals surface area contributed by atoms with Crippen molar-refractivity contribution in [1.82, 2.24) is 15.2 Å². The van der Waals surface area contributed by atoms with Crippen LogP contribution >= 0.6 is 0 Å². The van der Waals surface area contributed by atoms with Crippen LogP contribution < -0.4 is 14.8 Å². The Hall–Kier alpha value is -2.54. The van der Waals surface area contributed by atoms with Crippen molar-refractivity contribution in [3.05, 3.63) is 41.6 Å². The maximum absolute atomic E-state index is 12.2. The molecule has 0 bridgehead atoms. The molecule has 1 aliphatic carbocycles. The Morgan fingerprint density at radius 2 is 2.00 bits per heavy atom. The van der Waals surface area contributed by atoms with Crippen LogP contribution in [0.1, 0.15) is 55.6 Å². The molecule has 2 aliphatic rings. The van der Waals surface area contributed by atoms with Crippen LogP contribution in [0.4, 0.5) is 0 Å². The fraction of sp³-hybridized carbons (Fsp3) is 0.545. The van der Waals surface area contributed by atoms with Crippen LogP contribution in [0.15, 0.2) is 28.9 Å². The molecule has 1 fully saturated rings. The van der Waals surface area contributed by atoms with Crippen molar-refractivity contribution in [2.75, 3.05) is 13.3 Å². The Morgan fingerprint density at radius 1 is 1.21 bits per heavy atom. The second-order valence-corrected chi connectivity index (χ2v) is 8.36. The van der Waals surface area contributed by atoms with Gasteiger partial charge >= 0.3 is 0 Å². The number of ether oxygens (including phenoxy) is 2. The number of fused-ring (bicyclic) bond motifs is 1. The molecule has 1 amide bonds. The summed E-state index contributed by atoms with van der Waals surface area (Å²) in [4.78, 5) is 19.0. The highest BCUT2D eigenvalue weighted by atomic mass is 16.7. The first-order valence-corrected chi connectivity index (χ1v) is 10.3. The molecule has 0 radical (unpaired) electrons. The van der Waals surface area contributed by atoms with Gasteiger partial charge in [0.25, 0.3) is 5.91 Å². The fourth-order valence-corrected chi connectivity index (χ4v) is 3.35. The van der Waals surface area contributed by atoms with Crippen LogP contribution in [0, 0.1) is 11.8 Å². The van der Waals surface area contributed by atoms with E-state index >= 15 is 0 Å². The summed E-state index contributed by atoms with van der Waals surface area (Å²) in [6.07, 6.45) is 3.86. The SMILES string of the molecule is CC(C)C(C)N(Cc1ccc2c(c1)OCO2)Cc1nc(C(=O)NCC2CC2)co1. The van der Waals surface area contributed by atoms with E-state index in [4.69, 9.17) is 13.9 Å². The van der Waals surface area contributed by atoms with Gasteiger partial charge in [-0.25, -0.2) is 4.98 Å². The summed E-state index contributed by atoms with van der Waals surface area (Å²) in [5.74, 6) is 3.05. The van der Waals surface area contributed by atoms with E-state index in [0.29, 0.717) is 36.0 Å². The molecule has 1 atom stereocenters. The smallest absolute Gasteiger partial charge is 0.273 e. The predicted octanol–water partition coefficient (Wildman–Crippen LogP) is 3.59. The third kappa shape index (κ3) is 4.90. The van der Waals surface area contributed by atoms with Crippen LogP contribution in [-0.4, -0.2) is 35.2 Å². The van der Waals surface area contributed by atoms with Gasteiger partial charge in [0.1, 0.15) is 6.26 Å². The average Bonchev–Trinajstić information content (AvgIpc) is 3.21. The quantitative estimate of drug-likeness (QED) is 0.694. The molecular formula is C22H29N3O4. The van der Waals surface area contributed by atoms with E-state index in [1.165, 1.54) is 19.1 Å². The molecule has 1 unspecified atom stereocenters. The van der Waals surface area contributed by atoms with Crippen molar-refractivity contribution in [3.63, 3.8) is 0 Å². The first-order chi connectivity index (χ1) is 14.0. The monoisotopic (exact) mass is 399 g/mol. The number of aromatic nitrogens is 1. The molecule has 1 saturated carbocycles. The summed E-state index contributed by atoms with van der Waals surface area (Å²) in [6, 6.07) is 6.33. The Morgan fingerprint density at radius 3 is 2.76 bits per heavy atom. The van der Waals surface area contributed by atoms with E-state index in [9.17, 15) is 4.79 Å². The number of rotatable bonds is 9. The van der Waals surface area contributed by atoms with Gasteiger partial charge in [0, 0.05) is 19.1 Å². The zero-order valence-electron chi connectivity index (χ0n) is 17.3. The number of carbonyl (C=O) groups is 1. The maximum Gasteiger partial charge on any atom is 0.273 e. The molecule has 156 valence electrons. The van der Waals surface area contributed by atoms with E-state index in [2.05, 4.69) is 42.0 Å². The lowest BCUT2D eigenvalue weighted by molar-refractivity contribution is 0.0946. The first-order valence-electron chi connectivity index (χ1n) is 10.3. The van der Waals surface area contributed by atoms with Gasteiger partial charge in [0.05, 0.1) is 6.54 Å². The second-order valence-electron chi connectivity index (χ2n) is 8.36. The van der Waals surface area contributed by atoms with Gasteiger partial charge in [-0.05, 0) is 49.3 Å². The maximum atomic E-state index is 12.2. The lowest BCUT2D eigenvalue weighted by Gasteiger charge is -2.30. The van der Waals surface area contributed by atoms with Gasteiger partial charge < -0.3 is 19.2 Å². The number of amides is 1. The Labute approximate surface area is 171 Å². The van der Waals surface area contributed by atoms with Gasteiger partial charge in [0.2, 0.25) is 12.7 Å². The van der Waals surface area contributed by atoms with Crippen molar-refractivity contribution in [1.29, 1.82) is 0 Å². The van der Waals surface area contributed by atoms with E-state index in [0.717, 1.165) is 30.2 Å². The van der Waals surface area contributed by atoms with Crippen LogP contribution in [0.2, 0.25) is 0 Å². The molecule has 1 aliphatic heterocycles. The fourth-order valence-electron chi connectivity index (χ4n) is 3.35. The number of benzene rings is 1. The lowest BCUT2D eigenvalue weighted by Crippen LogP contribution is -2.36. The number of hydrogen-bond acceptors (Lipinski definition) is 6. The summed E-state index contributed by atoms with van der Waals surface area (Å²) in [5, 5.41) is 2.93. The molecule has 1 N–H and O–H groups in total. The third-order valence-electron chi connectivity index (χ3n) is 5.73. The van der Waals surface area contributed by atoms with Gasteiger partial charge in [-0.15, -0.1) is 0 Å². The largest absolute Gasteiger partial charge is 0.454 e. The van der Waals surface area contributed by atoms with Crippen molar-refractivity contribution in [2.45, 2.75) is 52.7 Å². The van der Waals surface area contributed by atoms with Gasteiger partial charge in [-0.3, -0.25) is 9.69 Å². The number of nitrogens with one attached hydrogen (secondary N) is 1. The molecule has 2 heterocycles. The van der Waals surface area contributed by atoms with E-state index in [1.54, 1.807) is 0 Å². The number of oxazole rings is 1. The van der Waals surface area contributed by atoms with E-state index in [-0.39, 0.29) is 12.7 Å². The highest BCUT2D eigenvalue weighted by Crippen LogP contribution is 2.33. The topological polar surface area (TPSA) is 76.8 Å². The van der Waals surface area contributed by atoms with Gasteiger partial charge in [0.15, 0.2) is 17.2 Å². The van der Waals surface area contributed by atoms with Crippen LogP contribution in [0.25, 0.3) is 0 Å². The van der Waals surface area contributed by atoms with Crippen LogP contribution in [0.5, 0.6) is 11.5 Å². The number of carbonyl (C=O) groups excluding carboxylic acids is 1. The minimum atomic E-state index is -0.161. The van der Waals surface area contributed by atoms with Crippen molar-refractivity contribution in [3.8, 4) is 11.5 Å². The summed E-state index contributed by atoms with van der Waals surface area (Å²) in [6.45, 7) is 8.84. The predicted molar refractivity (Wildman–Crippen MR) is 108 cm³/mol. The van der Waals surface area contributed by atoms with Crippen molar-refractivity contribution >= 4 is 5.91 Å². The Balaban J connectivity index is 1.43. The third-order valence-corrected chi connectivity index (χ3v) is 5.73. The molecule has 2 aromatic rings. The molecule has 29 heavy (non-hydrogen) atoms. The number of nitrogens with zero attached hydrogens (tertiary/aromatic N) is 2. The molecule has 0 saturated heterocycles. The standard InChI is InChI=1S/C22H29N3O4/c1-14(2)15(3)25(10-17-6-7-19-20(8-17)29-13-28-19)11-21-24-18(12-27-21)22(26)23-9-16-4-5-16/h6-8,12,14-16H,4-5,9-11,13H2,1-3H3,(H,23,26). The molecule has 7 nitrogen and oxygen atoms in total. The van der Waals surface area contributed by atoms with E-state index < -0.39 is 0 Å². The first kappa shape index (κ1) is 19.8. The summed E-state index contributed by atoms with van der Waals surface area (Å²) >= 11 is 0. The van der Waals surface area contributed by atoms with Gasteiger partial charge in [-0.1, -0.05) is 19.9 Å². The minimum Gasteiger partial charge on any atom is -0.454 e. The normalized spacial score (nSPS) is 16.4. The van der Waals surface area contributed by atoms with Crippen LogP contribution in [0.3, 0.4) is 0 Å². The summed E-state index contributed by atoms with van der Waals surface area (Å²) in [7, 11) is 0. The summed E-state index contributed by atoms with van der Waals surface area (Å²) < 4.78 is 16.5. The van der Waals surface area contributed by atoms with Crippen LogP contribution in [-0.2, 0) is 13.1 Å². The molecule has 1 aromatic heterocycles. The average molecular weight is 399 g/mol. The highest BCUT2D eigenvalue weighted by Gasteiger charge is 2.24. The number of hydrogen-bond donors (Lipinski definition) is 1. The Bertz CT molecular complexity index is 859. The summed E-state index contributed by atoms with van der Waals surface area (Å²) in [5.41, 5.74) is 1.48. The minimum absolute atomic E-state index is 0.161.